The highest BCUT2D eigenvalue weighted by Crippen LogP contribution is 2.49. The van der Waals surface area contributed by atoms with Gasteiger partial charge in [-0.25, -0.2) is 0 Å². The Morgan fingerprint density at radius 2 is 2.00 bits per heavy atom. The third-order valence-corrected chi connectivity index (χ3v) is 4.47. The molecule has 3 unspecified atom stereocenters. The van der Waals surface area contributed by atoms with E-state index >= 15 is 0 Å². The first-order valence-electron chi connectivity index (χ1n) is 6.59. The summed E-state index contributed by atoms with van der Waals surface area (Å²) >= 11 is 0. The maximum Gasteiger partial charge on any atom is 0.220 e. The molecule has 0 radical (unpaired) electrons. The maximum atomic E-state index is 11.9. The van der Waals surface area contributed by atoms with Gasteiger partial charge in [-0.15, -0.1) is 0 Å². The van der Waals surface area contributed by atoms with Gasteiger partial charge >= 0.3 is 0 Å². The minimum absolute atomic E-state index is 0.0341. The van der Waals surface area contributed by atoms with E-state index in [1.807, 2.05) is 0 Å². The Balaban J connectivity index is 1.81. The van der Waals surface area contributed by atoms with Crippen LogP contribution in [-0.2, 0) is 4.79 Å². The number of fused-ring (bicyclic) bond motifs is 2. The summed E-state index contributed by atoms with van der Waals surface area (Å²) in [5.74, 6) is 2.07. The Bertz CT molecular complexity index is 288. The Hall–Kier alpha value is -0.610. The average molecular weight is 241 g/mol. The number of rotatable bonds is 5. The van der Waals surface area contributed by atoms with E-state index in [0.29, 0.717) is 12.3 Å². The van der Waals surface area contributed by atoms with Crippen molar-refractivity contribution in [2.75, 3.05) is 13.2 Å². The van der Waals surface area contributed by atoms with Crippen LogP contribution in [0, 0.1) is 17.8 Å². The van der Waals surface area contributed by atoms with E-state index in [1.54, 1.807) is 6.92 Å². The molecule has 0 heterocycles. The smallest absolute Gasteiger partial charge is 0.220 e. The summed E-state index contributed by atoms with van der Waals surface area (Å²) in [6.07, 6.45) is 5.66. The first kappa shape index (κ1) is 12.8. The number of hydrogen-bond donors (Lipinski definition) is 3. The molecule has 17 heavy (non-hydrogen) atoms. The highest BCUT2D eigenvalue weighted by atomic mass is 16.3. The molecule has 98 valence electrons. The SMILES string of the molecule is CC(CO)(CO)NC(=O)CC1CC2CCC1C2. The molecule has 2 fully saturated rings. The number of carbonyl (C=O) groups excluding carboxylic acids is 1. The monoisotopic (exact) mass is 241 g/mol. The van der Waals surface area contributed by atoms with Gasteiger partial charge in [0, 0.05) is 6.42 Å². The molecule has 2 rings (SSSR count). The van der Waals surface area contributed by atoms with Gasteiger partial charge in [-0.1, -0.05) is 6.42 Å². The van der Waals surface area contributed by atoms with Crippen molar-refractivity contribution in [3.8, 4) is 0 Å². The van der Waals surface area contributed by atoms with Crippen LogP contribution in [0.5, 0.6) is 0 Å². The second-order valence-corrected chi connectivity index (χ2v) is 6.06. The fraction of sp³-hybridized carbons (Fsp3) is 0.923. The number of aliphatic hydroxyl groups is 2. The third-order valence-electron chi connectivity index (χ3n) is 4.47. The van der Waals surface area contributed by atoms with Gasteiger partial charge in [-0.3, -0.25) is 4.79 Å². The summed E-state index contributed by atoms with van der Waals surface area (Å²) in [6.45, 7) is 1.20. The Morgan fingerprint density at radius 1 is 1.29 bits per heavy atom. The second kappa shape index (κ2) is 4.94. The number of amides is 1. The van der Waals surface area contributed by atoms with Crippen molar-refractivity contribution in [3.05, 3.63) is 0 Å². The first-order chi connectivity index (χ1) is 8.06. The van der Waals surface area contributed by atoms with E-state index in [0.717, 1.165) is 11.8 Å². The van der Waals surface area contributed by atoms with Gasteiger partial charge in [0.2, 0.25) is 5.91 Å². The number of nitrogens with one attached hydrogen (secondary N) is 1. The van der Waals surface area contributed by atoms with E-state index in [9.17, 15) is 4.79 Å². The second-order valence-electron chi connectivity index (χ2n) is 6.06. The standard InChI is InChI=1S/C13H23NO3/c1-13(7-15,8-16)14-12(17)6-11-5-9-2-3-10(11)4-9/h9-11,15-16H,2-8H2,1H3,(H,14,17). The van der Waals surface area contributed by atoms with Crippen LogP contribution in [0.25, 0.3) is 0 Å². The zero-order valence-electron chi connectivity index (χ0n) is 10.5. The Kier molecular flexibility index (Phi) is 3.73. The highest BCUT2D eigenvalue weighted by Gasteiger charge is 2.40. The fourth-order valence-corrected chi connectivity index (χ4v) is 3.38. The molecular weight excluding hydrogens is 218 g/mol. The van der Waals surface area contributed by atoms with Gasteiger partial charge in [0.25, 0.3) is 0 Å². The molecule has 0 aromatic rings. The quantitative estimate of drug-likeness (QED) is 0.662. The van der Waals surface area contributed by atoms with E-state index in [4.69, 9.17) is 10.2 Å². The molecule has 2 saturated carbocycles. The molecular formula is C13H23NO3. The summed E-state index contributed by atoms with van der Waals surface area (Å²) in [6, 6.07) is 0. The minimum atomic E-state index is -0.880. The zero-order chi connectivity index (χ0) is 12.5. The Labute approximate surface area is 102 Å². The lowest BCUT2D eigenvalue weighted by Crippen LogP contribution is -2.52. The van der Waals surface area contributed by atoms with Crippen molar-refractivity contribution in [2.45, 2.75) is 44.6 Å². The van der Waals surface area contributed by atoms with Crippen LogP contribution in [0.2, 0.25) is 0 Å². The molecule has 3 N–H and O–H groups in total. The highest BCUT2D eigenvalue weighted by molar-refractivity contribution is 5.77. The number of hydrogen-bond acceptors (Lipinski definition) is 3. The van der Waals surface area contributed by atoms with Crippen molar-refractivity contribution in [2.24, 2.45) is 17.8 Å². The van der Waals surface area contributed by atoms with E-state index in [2.05, 4.69) is 5.32 Å². The van der Waals surface area contributed by atoms with Crippen LogP contribution in [-0.4, -0.2) is 34.9 Å². The van der Waals surface area contributed by atoms with Crippen LogP contribution < -0.4 is 5.32 Å². The summed E-state index contributed by atoms with van der Waals surface area (Å²) in [5.41, 5.74) is -0.880. The predicted octanol–water partition coefficient (Wildman–Crippen LogP) is 0.672. The van der Waals surface area contributed by atoms with Crippen molar-refractivity contribution < 1.29 is 15.0 Å². The summed E-state index contributed by atoms with van der Waals surface area (Å²) in [5, 5.41) is 21.0. The molecule has 0 spiro atoms. The first-order valence-corrected chi connectivity index (χ1v) is 6.59. The predicted molar refractivity (Wildman–Crippen MR) is 64.3 cm³/mol. The third kappa shape index (κ3) is 2.80. The normalized spacial score (nSPS) is 31.8. The molecule has 0 aromatic carbocycles. The molecule has 2 bridgehead atoms. The molecule has 0 aliphatic heterocycles. The van der Waals surface area contributed by atoms with Gasteiger partial charge in [0.1, 0.15) is 0 Å². The fourth-order valence-electron chi connectivity index (χ4n) is 3.38. The van der Waals surface area contributed by atoms with Gasteiger partial charge in [-0.2, -0.15) is 0 Å². The summed E-state index contributed by atoms with van der Waals surface area (Å²) in [7, 11) is 0. The molecule has 1 amide bonds. The zero-order valence-corrected chi connectivity index (χ0v) is 10.5. The van der Waals surface area contributed by atoms with Crippen LogP contribution in [0.3, 0.4) is 0 Å². The lowest BCUT2D eigenvalue weighted by molar-refractivity contribution is -0.125. The summed E-state index contributed by atoms with van der Waals surface area (Å²) < 4.78 is 0. The van der Waals surface area contributed by atoms with Crippen LogP contribution in [0.4, 0.5) is 0 Å². The molecule has 3 atom stereocenters. The topological polar surface area (TPSA) is 69.6 Å². The minimum Gasteiger partial charge on any atom is -0.394 e. The average Bonchev–Trinajstić information content (AvgIpc) is 2.90. The van der Waals surface area contributed by atoms with Crippen molar-refractivity contribution in [3.63, 3.8) is 0 Å². The Morgan fingerprint density at radius 3 is 2.47 bits per heavy atom. The maximum absolute atomic E-state index is 11.9. The molecule has 0 saturated heterocycles. The molecule has 4 heteroatoms. The largest absolute Gasteiger partial charge is 0.394 e. The number of aliphatic hydroxyl groups excluding tert-OH is 2. The van der Waals surface area contributed by atoms with Gasteiger partial charge in [0.05, 0.1) is 18.8 Å². The van der Waals surface area contributed by atoms with Crippen LogP contribution in [0.1, 0.15) is 39.0 Å². The van der Waals surface area contributed by atoms with Gasteiger partial charge < -0.3 is 15.5 Å². The number of carbonyl (C=O) groups is 1. The van der Waals surface area contributed by atoms with Gasteiger partial charge in [0.15, 0.2) is 0 Å². The molecule has 2 aliphatic carbocycles. The molecule has 0 aromatic heterocycles. The lowest BCUT2D eigenvalue weighted by Gasteiger charge is -2.28. The van der Waals surface area contributed by atoms with Crippen LogP contribution >= 0.6 is 0 Å². The van der Waals surface area contributed by atoms with Gasteiger partial charge in [-0.05, 0) is 43.9 Å². The van der Waals surface area contributed by atoms with Crippen molar-refractivity contribution in [1.82, 2.24) is 5.32 Å². The summed E-state index contributed by atoms with van der Waals surface area (Å²) in [4.78, 5) is 11.9. The molecule has 4 nitrogen and oxygen atoms in total. The van der Waals surface area contributed by atoms with Crippen molar-refractivity contribution in [1.29, 1.82) is 0 Å². The molecule has 2 aliphatic rings. The van der Waals surface area contributed by atoms with Crippen LogP contribution in [0.15, 0.2) is 0 Å². The van der Waals surface area contributed by atoms with Crippen molar-refractivity contribution >= 4 is 5.91 Å². The van der Waals surface area contributed by atoms with E-state index < -0.39 is 5.54 Å². The van der Waals surface area contributed by atoms with E-state index in [-0.39, 0.29) is 19.1 Å². The lowest BCUT2D eigenvalue weighted by atomic mass is 9.86. The van der Waals surface area contributed by atoms with E-state index in [1.165, 1.54) is 25.7 Å².